The van der Waals surface area contributed by atoms with Crippen molar-refractivity contribution in [2.24, 2.45) is 0 Å². The number of halogens is 1. The van der Waals surface area contributed by atoms with E-state index in [4.69, 9.17) is 4.74 Å². The summed E-state index contributed by atoms with van der Waals surface area (Å²) in [5.74, 6) is 1.58. The van der Waals surface area contributed by atoms with Crippen LogP contribution in [0.3, 0.4) is 0 Å². The van der Waals surface area contributed by atoms with E-state index < -0.39 is 0 Å². The average Bonchev–Trinajstić information content (AvgIpc) is 3.08. The van der Waals surface area contributed by atoms with Crippen LogP contribution in [-0.4, -0.2) is 17.1 Å². The second-order valence-electron chi connectivity index (χ2n) is 6.49. The normalized spacial score (nSPS) is 11.0. The predicted octanol–water partition coefficient (Wildman–Crippen LogP) is 6.74. The smallest absolute Gasteiger partial charge is 0.143 e. The standard InChI is InChI=1S/C22H20BrN3OS/c1-4-18-19(14-6-8-15(23)9-7-14)20-21(24-12-25-22(20)28-18)26-16-11-13(2)5-10-17(16)27-3/h5-12H,4H2,1-3H3,(H,24,25,26). The number of anilines is 2. The highest BCUT2D eigenvalue weighted by Gasteiger charge is 2.19. The van der Waals surface area contributed by atoms with Crippen molar-refractivity contribution in [3.8, 4) is 16.9 Å². The maximum absolute atomic E-state index is 5.53. The fourth-order valence-electron chi connectivity index (χ4n) is 3.29. The fourth-order valence-corrected chi connectivity index (χ4v) is 4.66. The van der Waals surface area contributed by atoms with E-state index in [-0.39, 0.29) is 0 Å². The fraction of sp³-hybridized carbons (Fsp3) is 0.182. The monoisotopic (exact) mass is 453 g/mol. The Labute approximate surface area is 176 Å². The molecule has 2 heterocycles. The SMILES string of the molecule is CCc1sc2ncnc(Nc3cc(C)ccc3OC)c2c1-c1ccc(Br)cc1. The summed E-state index contributed by atoms with van der Waals surface area (Å²) in [6.45, 7) is 4.24. The lowest BCUT2D eigenvalue weighted by Gasteiger charge is -2.13. The summed E-state index contributed by atoms with van der Waals surface area (Å²) in [7, 11) is 1.68. The average molecular weight is 454 g/mol. The van der Waals surface area contributed by atoms with Crippen LogP contribution in [0.5, 0.6) is 5.75 Å². The Kier molecular flexibility index (Phi) is 5.33. The number of ether oxygens (including phenoxy) is 1. The highest BCUT2D eigenvalue weighted by atomic mass is 79.9. The number of fused-ring (bicyclic) bond motifs is 1. The van der Waals surface area contributed by atoms with Crippen molar-refractivity contribution in [1.29, 1.82) is 0 Å². The molecule has 0 radical (unpaired) electrons. The molecule has 0 spiro atoms. The molecule has 0 atom stereocenters. The van der Waals surface area contributed by atoms with Gasteiger partial charge in [-0.3, -0.25) is 0 Å². The number of benzene rings is 2. The van der Waals surface area contributed by atoms with E-state index >= 15 is 0 Å². The van der Waals surface area contributed by atoms with Gasteiger partial charge in [0.1, 0.15) is 22.7 Å². The van der Waals surface area contributed by atoms with Crippen LogP contribution in [0.15, 0.2) is 53.3 Å². The summed E-state index contributed by atoms with van der Waals surface area (Å²) in [5.41, 5.74) is 4.42. The lowest BCUT2D eigenvalue weighted by atomic mass is 10.0. The highest BCUT2D eigenvalue weighted by molar-refractivity contribution is 9.10. The zero-order valence-electron chi connectivity index (χ0n) is 15.9. The van der Waals surface area contributed by atoms with Gasteiger partial charge in [0, 0.05) is 14.9 Å². The number of hydrogen-bond donors (Lipinski definition) is 1. The van der Waals surface area contributed by atoms with Gasteiger partial charge in [0.15, 0.2) is 0 Å². The molecule has 2 aromatic carbocycles. The molecule has 0 fully saturated rings. The summed E-state index contributed by atoms with van der Waals surface area (Å²) >= 11 is 5.25. The number of nitrogens with zero attached hydrogens (tertiary/aromatic N) is 2. The quantitative estimate of drug-likeness (QED) is 0.363. The Morgan fingerprint density at radius 3 is 2.61 bits per heavy atom. The first-order valence-electron chi connectivity index (χ1n) is 9.04. The number of thiophene rings is 1. The molecule has 1 N–H and O–H groups in total. The molecular weight excluding hydrogens is 434 g/mol. The minimum atomic E-state index is 0.786. The molecule has 6 heteroatoms. The van der Waals surface area contributed by atoms with Gasteiger partial charge in [0.05, 0.1) is 18.2 Å². The van der Waals surface area contributed by atoms with Gasteiger partial charge in [0.2, 0.25) is 0 Å². The Morgan fingerprint density at radius 1 is 1.11 bits per heavy atom. The summed E-state index contributed by atoms with van der Waals surface area (Å²) < 4.78 is 6.59. The Balaban J connectivity index is 1.92. The lowest BCUT2D eigenvalue weighted by Crippen LogP contribution is -1.99. The minimum absolute atomic E-state index is 0.786. The lowest BCUT2D eigenvalue weighted by molar-refractivity contribution is 0.416. The Morgan fingerprint density at radius 2 is 1.89 bits per heavy atom. The van der Waals surface area contributed by atoms with Crippen molar-refractivity contribution in [1.82, 2.24) is 9.97 Å². The minimum Gasteiger partial charge on any atom is -0.495 e. The van der Waals surface area contributed by atoms with Crippen molar-refractivity contribution in [3.05, 3.63) is 63.7 Å². The van der Waals surface area contributed by atoms with Crippen LogP contribution in [0.2, 0.25) is 0 Å². The van der Waals surface area contributed by atoms with Crippen molar-refractivity contribution in [2.45, 2.75) is 20.3 Å². The maximum Gasteiger partial charge on any atom is 0.143 e. The van der Waals surface area contributed by atoms with Crippen LogP contribution < -0.4 is 10.1 Å². The summed E-state index contributed by atoms with van der Waals surface area (Å²) in [4.78, 5) is 11.4. The molecule has 0 bridgehead atoms. The molecule has 28 heavy (non-hydrogen) atoms. The molecule has 2 aromatic heterocycles. The van der Waals surface area contributed by atoms with Crippen LogP contribution in [0.1, 0.15) is 17.4 Å². The third-order valence-electron chi connectivity index (χ3n) is 4.62. The molecule has 0 amide bonds. The highest BCUT2D eigenvalue weighted by Crippen LogP contribution is 2.42. The zero-order chi connectivity index (χ0) is 19.7. The number of methoxy groups -OCH3 is 1. The van der Waals surface area contributed by atoms with Crippen molar-refractivity contribution in [2.75, 3.05) is 12.4 Å². The van der Waals surface area contributed by atoms with Gasteiger partial charge in [-0.05, 0) is 48.7 Å². The van der Waals surface area contributed by atoms with E-state index in [0.29, 0.717) is 0 Å². The summed E-state index contributed by atoms with van der Waals surface area (Å²) in [6, 6.07) is 14.5. The van der Waals surface area contributed by atoms with Gasteiger partial charge >= 0.3 is 0 Å². The van der Waals surface area contributed by atoms with Gasteiger partial charge < -0.3 is 10.1 Å². The molecule has 0 aliphatic heterocycles. The zero-order valence-corrected chi connectivity index (χ0v) is 18.3. The van der Waals surface area contributed by atoms with Gasteiger partial charge in [-0.15, -0.1) is 11.3 Å². The number of hydrogen-bond acceptors (Lipinski definition) is 5. The molecule has 4 nitrogen and oxygen atoms in total. The van der Waals surface area contributed by atoms with E-state index in [9.17, 15) is 0 Å². The molecule has 0 aliphatic rings. The number of aromatic nitrogens is 2. The van der Waals surface area contributed by atoms with Gasteiger partial charge in [0.25, 0.3) is 0 Å². The molecule has 0 saturated heterocycles. The largest absolute Gasteiger partial charge is 0.495 e. The van der Waals surface area contributed by atoms with E-state index in [0.717, 1.165) is 43.9 Å². The second kappa shape index (κ2) is 7.89. The van der Waals surface area contributed by atoms with E-state index in [1.54, 1.807) is 24.8 Å². The molecule has 0 saturated carbocycles. The van der Waals surface area contributed by atoms with Crippen molar-refractivity contribution in [3.63, 3.8) is 0 Å². The number of nitrogens with one attached hydrogen (secondary N) is 1. The third-order valence-corrected chi connectivity index (χ3v) is 6.39. The topological polar surface area (TPSA) is 47.0 Å². The maximum atomic E-state index is 5.53. The van der Waals surface area contributed by atoms with Gasteiger partial charge in [-0.2, -0.15) is 0 Å². The molecule has 0 unspecified atom stereocenters. The summed E-state index contributed by atoms with van der Waals surface area (Å²) in [6.07, 6.45) is 2.56. The third kappa shape index (κ3) is 3.50. The van der Waals surface area contributed by atoms with Crippen molar-refractivity contribution < 1.29 is 4.74 Å². The molecule has 4 aromatic rings. The molecule has 4 rings (SSSR count). The Bertz CT molecular complexity index is 1140. The number of aryl methyl sites for hydroxylation is 2. The predicted molar refractivity (Wildman–Crippen MR) is 121 cm³/mol. The van der Waals surface area contributed by atoms with Gasteiger partial charge in [-0.25, -0.2) is 9.97 Å². The van der Waals surface area contributed by atoms with E-state index in [1.165, 1.54) is 16.0 Å². The van der Waals surface area contributed by atoms with Crippen LogP contribution in [0.25, 0.3) is 21.3 Å². The first-order valence-corrected chi connectivity index (χ1v) is 10.7. The molecule has 0 aliphatic carbocycles. The Hall–Kier alpha value is -2.44. The van der Waals surface area contributed by atoms with Crippen LogP contribution >= 0.6 is 27.3 Å². The van der Waals surface area contributed by atoms with E-state index in [1.807, 2.05) is 12.1 Å². The summed E-state index contributed by atoms with van der Waals surface area (Å²) in [5, 5.41) is 4.54. The van der Waals surface area contributed by atoms with Crippen LogP contribution in [-0.2, 0) is 6.42 Å². The first kappa shape index (κ1) is 18.9. The van der Waals surface area contributed by atoms with Crippen LogP contribution in [0, 0.1) is 6.92 Å². The van der Waals surface area contributed by atoms with E-state index in [2.05, 4.69) is 75.4 Å². The van der Waals surface area contributed by atoms with Crippen LogP contribution in [0.4, 0.5) is 11.5 Å². The molecular formula is C22H20BrN3OS. The van der Waals surface area contributed by atoms with Crippen molar-refractivity contribution >= 4 is 49.0 Å². The molecule has 142 valence electrons. The second-order valence-corrected chi connectivity index (χ2v) is 8.49. The number of rotatable bonds is 5. The van der Waals surface area contributed by atoms with Gasteiger partial charge in [-0.1, -0.05) is 41.1 Å². The first-order chi connectivity index (χ1) is 13.6.